The molecule has 0 radical (unpaired) electrons. The highest BCUT2D eigenvalue weighted by Gasteiger charge is 2.10. The fraction of sp³-hybridized carbons (Fsp3) is 0.188. The molecule has 2 N–H and O–H groups in total. The zero-order valence-corrected chi connectivity index (χ0v) is 13.0. The minimum Gasteiger partial charge on any atom is -0.489 e. The van der Waals surface area contributed by atoms with Crippen LogP contribution in [0.25, 0.3) is 0 Å². The molecule has 0 fully saturated rings. The molecule has 0 aliphatic rings. The van der Waals surface area contributed by atoms with E-state index in [1.807, 2.05) is 31.2 Å². The van der Waals surface area contributed by atoms with Gasteiger partial charge in [0.2, 0.25) is 0 Å². The van der Waals surface area contributed by atoms with E-state index in [1.165, 1.54) is 12.1 Å². The lowest BCUT2D eigenvalue weighted by Gasteiger charge is -2.14. The van der Waals surface area contributed by atoms with Crippen molar-refractivity contribution in [3.05, 3.63) is 63.4 Å². The summed E-state index contributed by atoms with van der Waals surface area (Å²) in [4.78, 5) is 0. The van der Waals surface area contributed by atoms with Crippen molar-refractivity contribution in [3.8, 4) is 11.8 Å². The molecule has 0 aliphatic heterocycles. The molecular formula is C16H14BrFN2O. The van der Waals surface area contributed by atoms with Gasteiger partial charge in [0.15, 0.2) is 0 Å². The number of hydrogen-bond donors (Lipinski definition) is 1. The topological polar surface area (TPSA) is 59.0 Å². The molecule has 0 aromatic heterocycles. The van der Waals surface area contributed by atoms with Crippen LogP contribution in [0.4, 0.5) is 4.39 Å². The molecular weight excluding hydrogens is 335 g/mol. The second kappa shape index (κ2) is 6.70. The highest BCUT2D eigenvalue weighted by Crippen LogP contribution is 2.28. The molecule has 2 rings (SSSR count). The van der Waals surface area contributed by atoms with Crippen LogP contribution in [-0.2, 0) is 6.61 Å². The Bertz CT molecular complexity index is 695. The zero-order chi connectivity index (χ0) is 15.4. The monoisotopic (exact) mass is 348 g/mol. The molecule has 21 heavy (non-hydrogen) atoms. The van der Waals surface area contributed by atoms with Crippen molar-refractivity contribution in [1.82, 2.24) is 0 Å². The molecule has 108 valence electrons. The number of rotatable bonds is 4. The molecule has 0 bridgehead atoms. The average Bonchev–Trinajstić information content (AvgIpc) is 2.46. The van der Waals surface area contributed by atoms with Gasteiger partial charge in [-0.25, -0.2) is 4.39 Å². The third-order valence-corrected chi connectivity index (χ3v) is 3.50. The average molecular weight is 349 g/mol. The summed E-state index contributed by atoms with van der Waals surface area (Å²) < 4.78 is 19.9. The van der Waals surface area contributed by atoms with E-state index in [0.29, 0.717) is 5.75 Å². The maximum atomic E-state index is 13.3. The van der Waals surface area contributed by atoms with Crippen LogP contribution in [0.15, 0.2) is 40.9 Å². The number of halogens is 2. The Labute approximate surface area is 131 Å². The van der Waals surface area contributed by atoms with Crippen LogP contribution in [0.3, 0.4) is 0 Å². The number of hydrogen-bond acceptors (Lipinski definition) is 3. The predicted octanol–water partition coefficient (Wildman–Crippen LogP) is 4.06. The van der Waals surface area contributed by atoms with Gasteiger partial charge in [0.1, 0.15) is 24.2 Å². The van der Waals surface area contributed by atoms with Crippen LogP contribution in [0.2, 0.25) is 0 Å². The lowest BCUT2D eigenvalue weighted by Crippen LogP contribution is -2.08. The van der Waals surface area contributed by atoms with Crippen molar-refractivity contribution in [2.75, 3.05) is 0 Å². The van der Waals surface area contributed by atoms with Crippen molar-refractivity contribution in [1.29, 1.82) is 5.26 Å². The molecule has 0 saturated carbocycles. The van der Waals surface area contributed by atoms with E-state index in [2.05, 4.69) is 15.9 Å². The summed E-state index contributed by atoms with van der Waals surface area (Å²) in [5.41, 5.74) is 7.54. The summed E-state index contributed by atoms with van der Waals surface area (Å²) in [6, 6.07) is 11.6. The Morgan fingerprint density at radius 3 is 2.76 bits per heavy atom. The fourth-order valence-corrected chi connectivity index (χ4v) is 2.26. The van der Waals surface area contributed by atoms with Gasteiger partial charge in [0.05, 0.1) is 5.56 Å². The van der Waals surface area contributed by atoms with Gasteiger partial charge in [-0.05, 0) is 36.8 Å². The molecule has 1 unspecified atom stereocenters. The first-order chi connectivity index (χ1) is 10.0. The molecule has 0 aliphatic carbocycles. The number of nitrogens with two attached hydrogens (primary N) is 1. The minimum atomic E-state index is -0.528. The van der Waals surface area contributed by atoms with Gasteiger partial charge in [-0.15, -0.1) is 0 Å². The highest BCUT2D eigenvalue weighted by molar-refractivity contribution is 9.10. The standard InChI is InChI=1S/C16H14BrFN2O/c1-10(20)14-4-3-13(17)7-16(14)21-9-11-2-5-15(18)12(6-11)8-19/h2-7,10H,9,20H2,1H3. The lowest BCUT2D eigenvalue weighted by atomic mass is 10.1. The number of nitrogens with zero attached hydrogens (tertiary/aromatic N) is 1. The summed E-state index contributed by atoms with van der Waals surface area (Å²) in [5.74, 6) is 0.141. The maximum absolute atomic E-state index is 13.3. The second-order valence-electron chi connectivity index (χ2n) is 4.69. The van der Waals surface area contributed by atoms with Gasteiger partial charge in [-0.2, -0.15) is 5.26 Å². The first-order valence-corrected chi connectivity index (χ1v) is 7.17. The molecule has 0 heterocycles. The van der Waals surface area contributed by atoms with Gasteiger partial charge in [-0.3, -0.25) is 0 Å². The van der Waals surface area contributed by atoms with Crippen LogP contribution in [0, 0.1) is 17.1 Å². The van der Waals surface area contributed by atoms with Crippen molar-refractivity contribution in [3.63, 3.8) is 0 Å². The molecule has 0 saturated heterocycles. The first-order valence-electron chi connectivity index (χ1n) is 6.37. The molecule has 2 aromatic rings. The third-order valence-electron chi connectivity index (χ3n) is 3.01. The van der Waals surface area contributed by atoms with E-state index >= 15 is 0 Å². The van der Waals surface area contributed by atoms with E-state index in [9.17, 15) is 4.39 Å². The van der Waals surface area contributed by atoms with E-state index < -0.39 is 5.82 Å². The summed E-state index contributed by atoms with van der Waals surface area (Å²) >= 11 is 3.39. The summed E-state index contributed by atoms with van der Waals surface area (Å²) in [6.45, 7) is 2.12. The SMILES string of the molecule is CC(N)c1ccc(Br)cc1OCc1ccc(F)c(C#N)c1. The Morgan fingerprint density at radius 1 is 1.33 bits per heavy atom. The van der Waals surface area contributed by atoms with Crippen molar-refractivity contribution in [2.24, 2.45) is 5.73 Å². The van der Waals surface area contributed by atoms with E-state index in [1.54, 1.807) is 6.07 Å². The summed E-state index contributed by atoms with van der Waals surface area (Å²) in [5, 5.41) is 8.83. The Kier molecular flexibility index (Phi) is 4.94. The predicted molar refractivity (Wildman–Crippen MR) is 82.2 cm³/mol. The van der Waals surface area contributed by atoms with Crippen LogP contribution in [0.1, 0.15) is 29.7 Å². The van der Waals surface area contributed by atoms with Gasteiger partial charge in [0.25, 0.3) is 0 Å². The van der Waals surface area contributed by atoms with Gasteiger partial charge in [0, 0.05) is 16.1 Å². The van der Waals surface area contributed by atoms with Gasteiger partial charge >= 0.3 is 0 Å². The molecule has 3 nitrogen and oxygen atoms in total. The molecule has 0 spiro atoms. The van der Waals surface area contributed by atoms with Crippen LogP contribution in [-0.4, -0.2) is 0 Å². The van der Waals surface area contributed by atoms with E-state index in [-0.39, 0.29) is 18.2 Å². The number of benzene rings is 2. The van der Waals surface area contributed by atoms with E-state index in [0.717, 1.165) is 15.6 Å². The summed E-state index contributed by atoms with van der Waals surface area (Å²) in [7, 11) is 0. The smallest absolute Gasteiger partial charge is 0.140 e. The third kappa shape index (κ3) is 3.81. The maximum Gasteiger partial charge on any atom is 0.140 e. The van der Waals surface area contributed by atoms with Crippen LogP contribution < -0.4 is 10.5 Å². The van der Waals surface area contributed by atoms with E-state index in [4.69, 9.17) is 15.7 Å². The summed E-state index contributed by atoms with van der Waals surface area (Å²) in [6.07, 6.45) is 0. The Morgan fingerprint density at radius 2 is 2.10 bits per heavy atom. The van der Waals surface area contributed by atoms with Crippen molar-refractivity contribution >= 4 is 15.9 Å². The number of nitriles is 1. The molecule has 0 amide bonds. The Balaban J connectivity index is 2.20. The zero-order valence-electron chi connectivity index (χ0n) is 11.4. The van der Waals surface area contributed by atoms with Crippen molar-refractivity contribution < 1.29 is 9.13 Å². The molecule has 5 heteroatoms. The first kappa shape index (κ1) is 15.5. The highest BCUT2D eigenvalue weighted by atomic mass is 79.9. The second-order valence-corrected chi connectivity index (χ2v) is 5.60. The number of ether oxygens (including phenoxy) is 1. The van der Waals surface area contributed by atoms with Gasteiger partial charge in [-0.1, -0.05) is 28.1 Å². The van der Waals surface area contributed by atoms with Gasteiger partial charge < -0.3 is 10.5 Å². The Hall–Kier alpha value is -1.90. The minimum absolute atomic E-state index is 0.0118. The quantitative estimate of drug-likeness (QED) is 0.906. The lowest BCUT2D eigenvalue weighted by molar-refractivity contribution is 0.301. The largest absolute Gasteiger partial charge is 0.489 e. The van der Waals surface area contributed by atoms with Crippen molar-refractivity contribution in [2.45, 2.75) is 19.6 Å². The fourth-order valence-electron chi connectivity index (χ4n) is 1.92. The normalized spacial score (nSPS) is 11.8. The molecule has 1 atom stereocenters. The van der Waals surface area contributed by atoms with Crippen LogP contribution >= 0.6 is 15.9 Å². The van der Waals surface area contributed by atoms with Crippen LogP contribution in [0.5, 0.6) is 5.75 Å². The molecule has 2 aromatic carbocycles.